The molecule has 0 aliphatic carbocycles. The molecule has 1 aromatic carbocycles. The van der Waals surface area contributed by atoms with Crippen LogP contribution in [0.1, 0.15) is 31.9 Å². The second-order valence-corrected chi connectivity index (χ2v) is 7.41. The fourth-order valence-corrected chi connectivity index (χ4v) is 4.60. The van der Waals surface area contributed by atoms with Crippen LogP contribution >= 0.6 is 0 Å². The van der Waals surface area contributed by atoms with Crippen LogP contribution in [0.5, 0.6) is 17.2 Å². The van der Waals surface area contributed by atoms with E-state index < -0.39 is 5.79 Å². The number of hydrogen-bond donors (Lipinski definition) is 1. The fourth-order valence-electron chi connectivity index (χ4n) is 4.60. The lowest BCUT2D eigenvalue weighted by molar-refractivity contribution is -0.932. The van der Waals surface area contributed by atoms with Gasteiger partial charge >= 0.3 is 0 Å². The molecule has 0 bridgehead atoms. The third-order valence-electron chi connectivity index (χ3n) is 5.82. The average Bonchev–Trinajstić information content (AvgIpc) is 3.08. The van der Waals surface area contributed by atoms with Gasteiger partial charge in [0, 0.05) is 5.56 Å². The maximum atomic E-state index is 6.13. The quantitative estimate of drug-likeness (QED) is 0.889. The topological polar surface area (TPSA) is 50.6 Å². The summed E-state index contributed by atoms with van der Waals surface area (Å²) in [6, 6.07) is 4.27. The zero-order valence-corrected chi connectivity index (χ0v) is 16.1. The third-order valence-corrected chi connectivity index (χ3v) is 5.82. The average molecular weight is 352 g/mol. The van der Waals surface area contributed by atoms with Crippen molar-refractivity contribution < 1.29 is 28.6 Å². The van der Waals surface area contributed by atoms with Crippen molar-refractivity contribution in [2.75, 3.05) is 48.1 Å². The Kier molecular flexibility index (Phi) is 4.88. The molecule has 2 atom stereocenters. The summed E-state index contributed by atoms with van der Waals surface area (Å²) in [5.74, 6) is 1.43. The Morgan fingerprint density at radius 2 is 1.56 bits per heavy atom. The van der Waals surface area contributed by atoms with E-state index in [0.717, 1.165) is 18.5 Å². The van der Waals surface area contributed by atoms with Gasteiger partial charge in [-0.05, 0) is 26.0 Å². The first-order valence-electron chi connectivity index (χ1n) is 8.80. The summed E-state index contributed by atoms with van der Waals surface area (Å²) in [6.45, 7) is 6.75. The van der Waals surface area contributed by atoms with E-state index in [0.29, 0.717) is 30.5 Å². The first-order valence-corrected chi connectivity index (χ1v) is 8.80. The standard InChI is InChI=1S/C19H29NO5/c1-18(2)17(20(3)8-7-19(18)24-9-10-25-19)13-11-14(21-4)16(23-6)15(12-13)22-5/h11-12,17H,7-10H2,1-6H3/p+1/t17-/m1/s1. The zero-order chi connectivity index (χ0) is 18.2. The highest BCUT2D eigenvalue weighted by atomic mass is 16.7. The van der Waals surface area contributed by atoms with Gasteiger partial charge in [0.05, 0.1) is 60.0 Å². The lowest BCUT2D eigenvalue weighted by Crippen LogP contribution is -3.13. The summed E-state index contributed by atoms with van der Waals surface area (Å²) in [5.41, 5.74) is 0.923. The minimum absolute atomic E-state index is 0.174. The summed E-state index contributed by atoms with van der Waals surface area (Å²) in [5, 5.41) is 0. The minimum Gasteiger partial charge on any atom is -0.493 e. The first-order chi connectivity index (χ1) is 11.9. The molecular formula is C19H30NO5+. The number of rotatable bonds is 4. The van der Waals surface area contributed by atoms with E-state index in [2.05, 4.69) is 20.9 Å². The molecule has 2 aliphatic heterocycles. The fraction of sp³-hybridized carbons (Fsp3) is 0.684. The van der Waals surface area contributed by atoms with E-state index in [-0.39, 0.29) is 11.5 Å². The summed E-state index contributed by atoms with van der Waals surface area (Å²) in [6.07, 6.45) is 0.896. The van der Waals surface area contributed by atoms with Crippen molar-refractivity contribution in [3.05, 3.63) is 17.7 Å². The van der Waals surface area contributed by atoms with Gasteiger partial charge in [-0.3, -0.25) is 0 Å². The molecule has 6 heteroatoms. The van der Waals surface area contributed by atoms with Crippen LogP contribution in [0.2, 0.25) is 0 Å². The number of piperidine rings is 1. The lowest BCUT2D eigenvalue weighted by atomic mass is 9.69. The summed E-state index contributed by atoms with van der Waals surface area (Å²) in [7, 11) is 7.14. The summed E-state index contributed by atoms with van der Waals surface area (Å²) >= 11 is 0. The van der Waals surface area contributed by atoms with Gasteiger partial charge in [0.15, 0.2) is 17.3 Å². The molecule has 3 rings (SSSR count). The molecule has 2 saturated heterocycles. The lowest BCUT2D eigenvalue weighted by Gasteiger charge is -2.51. The van der Waals surface area contributed by atoms with Gasteiger partial charge in [0.2, 0.25) is 5.75 Å². The van der Waals surface area contributed by atoms with E-state index in [9.17, 15) is 0 Å². The molecule has 6 nitrogen and oxygen atoms in total. The van der Waals surface area contributed by atoms with Gasteiger partial charge in [-0.15, -0.1) is 0 Å². The number of benzene rings is 1. The predicted octanol–water partition coefficient (Wildman–Crippen LogP) is 1.44. The molecule has 0 aromatic heterocycles. The highest BCUT2D eigenvalue weighted by Crippen LogP contribution is 2.51. The number of quaternary nitrogens is 1. The van der Waals surface area contributed by atoms with Crippen LogP contribution in [0.4, 0.5) is 0 Å². The Labute approximate surface area is 149 Å². The Bertz CT molecular complexity index is 599. The van der Waals surface area contributed by atoms with Gasteiger partial charge in [0.25, 0.3) is 0 Å². The van der Waals surface area contributed by atoms with Crippen LogP contribution < -0.4 is 19.1 Å². The molecule has 1 aromatic rings. The number of ether oxygens (including phenoxy) is 5. The van der Waals surface area contributed by atoms with Crippen molar-refractivity contribution in [2.24, 2.45) is 5.41 Å². The van der Waals surface area contributed by atoms with Crippen LogP contribution in [0.25, 0.3) is 0 Å². The third kappa shape index (κ3) is 2.76. The summed E-state index contributed by atoms with van der Waals surface area (Å²) < 4.78 is 28.8. The van der Waals surface area contributed by atoms with Gasteiger partial charge in [0.1, 0.15) is 6.04 Å². The van der Waals surface area contributed by atoms with Crippen LogP contribution in [-0.2, 0) is 9.47 Å². The summed E-state index contributed by atoms with van der Waals surface area (Å²) in [4.78, 5) is 1.42. The molecular weight excluding hydrogens is 322 g/mol. The molecule has 25 heavy (non-hydrogen) atoms. The maximum absolute atomic E-state index is 6.13. The van der Waals surface area contributed by atoms with Gasteiger partial charge in [-0.25, -0.2) is 0 Å². The Morgan fingerprint density at radius 3 is 2.04 bits per heavy atom. The molecule has 2 fully saturated rings. The largest absolute Gasteiger partial charge is 0.493 e. The van der Waals surface area contributed by atoms with Crippen LogP contribution in [-0.4, -0.2) is 53.9 Å². The van der Waals surface area contributed by atoms with Crippen molar-refractivity contribution in [3.8, 4) is 17.2 Å². The number of likely N-dealkylation sites (tertiary alicyclic amines) is 1. The SMILES string of the molecule is COc1cc([C@H]2[NH+](C)CCC3(OCCO3)C2(C)C)cc(OC)c1OC. The molecule has 2 aliphatic rings. The van der Waals surface area contributed by atoms with Gasteiger partial charge < -0.3 is 28.6 Å². The highest BCUT2D eigenvalue weighted by molar-refractivity contribution is 5.54. The van der Waals surface area contributed by atoms with Crippen molar-refractivity contribution >= 4 is 0 Å². The minimum atomic E-state index is -0.530. The second-order valence-electron chi connectivity index (χ2n) is 7.41. The Balaban J connectivity index is 2.09. The molecule has 2 heterocycles. The number of hydrogen-bond acceptors (Lipinski definition) is 5. The molecule has 0 amide bonds. The maximum Gasteiger partial charge on any atom is 0.203 e. The Hall–Kier alpha value is -1.50. The number of methoxy groups -OCH3 is 3. The van der Waals surface area contributed by atoms with Crippen LogP contribution in [0.3, 0.4) is 0 Å². The van der Waals surface area contributed by atoms with Gasteiger partial charge in [-0.2, -0.15) is 0 Å². The van der Waals surface area contributed by atoms with E-state index in [1.807, 2.05) is 12.1 Å². The van der Waals surface area contributed by atoms with Crippen molar-refractivity contribution in [1.82, 2.24) is 0 Å². The monoisotopic (exact) mass is 352 g/mol. The van der Waals surface area contributed by atoms with E-state index in [4.69, 9.17) is 23.7 Å². The molecule has 1 N–H and O–H groups in total. The molecule has 1 spiro atoms. The normalized spacial score (nSPS) is 27.3. The predicted molar refractivity (Wildman–Crippen MR) is 93.6 cm³/mol. The van der Waals surface area contributed by atoms with Crippen molar-refractivity contribution in [2.45, 2.75) is 32.1 Å². The van der Waals surface area contributed by atoms with Crippen molar-refractivity contribution in [3.63, 3.8) is 0 Å². The molecule has 0 radical (unpaired) electrons. The smallest absolute Gasteiger partial charge is 0.203 e. The van der Waals surface area contributed by atoms with Crippen LogP contribution in [0.15, 0.2) is 12.1 Å². The van der Waals surface area contributed by atoms with E-state index in [1.54, 1.807) is 21.3 Å². The first kappa shape index (κ1) is 18.3. The zero-order valence-electron chi connectivity index (χ0n) is 16.1. The Morgan fingerprint density at radius 1 is 1.00 bits per heavy atom. The molecule has 0 saturated carbocycles. The second kappa shape index (κ2) is 6.67. The van der Waals surface area contributed by atoms with Crippen LogP contribution in [0, 0.1) is 5.41 Å². The van der Waals surface area contributed by atoms with Crippen molar-refractivity contribution in [1.29, 1.82) is 0 Å². The molecule has 140 valence electrons. The molecule has 1 unspecified atom stereocenters. The highest BCUT2D eigenvalue weighted by Gasteiger charge is 2.60. The van der Waals surface area contributed by atoms with E-state index in [1.165, 1.54) is 4.90 Å². The van der Waals surface area contributed by atoms with E-state index >= 15 is 0 Å². The van der Waals surface area contributed by atoms with Gasteiger partial charge in [-0.1, -0.05) is 0 Å². The number of nitrogens with one attached hydrogen (secondary N) is 1.